The SMILES string of the molecule is O=C(N[C@@H](CO)C(=O)N1CCc2ccccc2C1)c1ccc(-c2ccc(C(F)(F)F)cc2)cc1. The van der Waals surface area contributed by atoms with Crippen LogP contribution in [0.2, 0.25) is 0 Å². The molecule has 8 heteroatoms. The Balaban J connectivity index is 1.41. The number of alkyl halides is 3. The minimum atomic E-state index is -4.40. The summed E-state index contributed by atoms with van der Waals surface area (Å²) in [5.74, 6) is -0.879. The van der Waals surface area contributed by atoms with E-state index in [9.17, 15) is 27.9 Å². The summed E-state index contributed by atoms with van der Waals surface area (Å²) >= 11 is 0. The predicted octanol–water partition coefficient (Wildman–Crippen LogP) is 4.05. The van der Waals surface area contributed by atoms with E-state index in [0.717, 1.165) is 17.7 Å². The molecule has 0 saturated carbocycles. The zero-order valence-electron chi connectivity index (χ0n) is 18.2. The quantitative estimate of drug-likeness (QED) is 0.594. The van der Waals surface area contributed by atoms with Gasteiger partial charge in [0.05, 0.1) is 12.2 Å². The van der Waals surface area contributed by atoms with Crippen LogP contribution in [-0.4, -0.2) is 41.0 Å². The van der Waals surface area contributed by atoms with Crippen LogP contribution in [0.3, 0.4) is 0 Å². The molecule has 176 valence electrons. The standard InChI is InChI=1S/C26H23F3N2O3/c27-26(28,29)22-11-9-19(10-12-22)18-5-7-20(8-6-18)24(33)30-23(16-32)25(34)31-14-13-17-3-1-2-4-21(17)15-31/h1-12,23,32H,13-16H2,(H,30,33)/t23-/m0/s1. The van der Waals surface area contributed by atoms with Crippen LogP contribution < -0.4 is 5.32 Å². The highest BCUT2D eigenvalue weighted by molar-refractivity contribution is 5.98. The van der Waals surface area contributed by atoms with Gasteiger partial charge in [-0.1, -0.05) is 48.5 Å². The van der Waals surface area contributed by atoms with Gasteiger partial charge < -0.3 is 15.3 Å². The summed E-state index contributed by atoms with van der Waals surface area (Å²) in [7, 11) is 0. The summed E-state index contributed by atoms with van der Waals surface area (Å²) in [4.78, 5) is 27.2. The van der Waals surface area contributed by atoms with Crippen molar-refractivity contribution in [2.24, 2.45) is 0 Å². The van der Waals surface area contributed by atoms with Gasteiger partial charge in [-0.15, -0.1) is 0 Å². The highest BCUT2D eigenvalue weighted by Gasteiger charge is 2.30. The number of nitrogens with zero attached hydrogens (tertiary/aromatic N) is 1. The fourth-order valence-corrected chi connectivity index (χ4v) is 4.00. The van der Waals surface area contributed by atoms with Crippen LogP contribution in [0.4, 0.5) is 13.2 Å². The summed E-state index contributed by atoms with van der Waals surface area (Å²) in [5, 5.41) is 12.3. The van der Waals surface area contributed by atoms with Crippen molar-refractivity contribution in [3.8, 4) is 11.1 Å². The summed E-state index contributed by atoms with van der Waals surface area (Å²) in [6.45, 7) is 0.388. The summed E-state index contributed by atoms with van der Waals surface area (Å²) in [6.07, 6.45) is -3.70. The number of amides is 2. The molecule has 3 aromatic carbocycles. The van der Waals surface area contributed by atoms with Crippen molar-refractivity contribution < 1.29 is 27.9 Å². The van der Waals surface area contributed by atoms with Crippen LogP contribution in [0.5, 0.6) is 0 Å². The number of halogens is 3. The molecule has 1 atom stereocenters. The Bertz CT molecular complexity index is 1180. The second-order valence-corrected chi connectivity index (χ2v) is 8.14. The molecule has 0 spiro atoms. The van der Waals surface area contributed by atoms with Crippen LogP contribution in [-0.2, 0) is 23.9 Å². The molecule has 1 aliphatic rings. The Morgan fingerprint density at radius 3 is 2.09 bits per heavy atom. The molecule has 2 N–H and O–H groups in total. The van der Waals surface area contributed by atoms with Crippen molar-refractivity contribution in [3.05, 3.63) is 95.1 Å². The van der Waals surface area contributed by atoms with Gasteiger partial charge in [0, 0.05) is 18.7 Å². The van der Waals surface area contributed by atoms with E-state index in [1.165, 1.54) is 29.8 Å². The van der Waals surface area contributed by atoms with Gasteiger partial charge in [0.15, 0.2) is 0 Å². The Kier molecular flexibility index (Phi) is 6.70. The second kappa shape index (κ2) is 9.69. The van der Waals surface area contributed by atoms with Crippen molar-refractivity contribution >= 4 is 11.8 Å². The lowest BCUT2D eigenvalue weighted by Crippen LogP contribution is -2.51. The predicted molar refractivity (Wildman–Crippen MR) is 121 cm³/mol. The van der Waals surface area contributed by atoms with E-state index >= 15 is 0 Å². The number of aliphatic hydroxyl groups excluding tert-OH is 1. The minimum absolute atomic E-state index is 0.269. The molecule has 0 fully saturated rings. The van der Waals surface area contributed by atoms with Crippen LogP contribution >= 0.6 is 0 Å². The van der Waals surface area contributed by atoms with E-state index in [2.05, 4.69) is 5.32 Å². The molecule has 0 saturated heterocycles. The highest BCUT2D eigenvalue weighted by Crippen LogP contribution is 2.31. The average molecular weight is 468 g/mol. The molecular weight excluding hydrogens is 445 g/mol. The lowest BCUT2D eigenvalue weighted by molar-refractivity contribution is -0.137. The van der Waals surface area contributed by atoms with Gasteiger partial charge in [-0.3, -0.25) is 9.59 Å². The Morgan fingerprint density at radius 2 is 1.50 bits per heavy atom. The van der Waals surface area contributed by atoms with E-state index in [-0.39, 0.29) is 11.5 Å². The molecule has 0 unspecified atom stereocenters. The van der Waals surface area contributed by atoms with Crippen molar-refractivity contribution in [2.45, 2.75) is 25.2 Å². The van der Waals surface area contributed by atoms with Gasteiger partial charge in [0.25, 0.3) is 5.91 Å². The molecular formula is C26H23F3N2O3. The normalized spacial score (nSPS) is 14.3. The number of benzene rings is 3. The molecule has 0 bridgehead atoms. The van der Waals surface area contributed by atoms with Crippen LogP contribution in [0.25, 0.3) is 11.1 Å². The third-order valence-corrected chi connectivity index (χ3v) is 5.92. The summed E-state index contributed by atoms with van der Waals surface area (Å²) < 4.78 is 38.2. The van der Waals surface area contributed by atoms with Crippen molar-refractivity contribution in [3.63, 3.8) is 0 Å². The molecule has 1 heterocycles. The number of nitrogens with one attached hydrogen (secondary N) is 1. The molecule has 34 heavy (non-hydrogen) atoms. The third-order valence-electron chi connectivity index (χ3n) is 5.92. The first kappa shape index (κ1) is 23.5. The molecule has 4 rings (SSSR count). The van der Waals surface area contributed by atoms with E-state index in [4.69, 9.17) is 0 Å². The monoisotopic (exact) mass is 468 g/mol. The first-order chi connectivity index (χ1) is 16.3. The molecule has 0 aliphatic carbocycles. The Hall–Kier alpha value is -3.65. The number of fused-ring (bicyclic) bond motifs is 1. The first-order valence-corrected chi connectivity index (χ1v) is 10.8. The highest BCUT2D eigenvalue weighted by atomic mass is 19.4. The largest absolute Gasteiger partial charge is 0.416 e. The van der Waals surface area contributed by atoms with E-state index in [1.54, 1.807) is 17.0 Å². The molecule has 1 aliphatic heterocycles. The maximum atomic E-state index is 12.9. The smallest absolute Gasteiger partial charge is 0.394 e. The number of rotatable bonds is 5. The molecule has 2 amide bonds. The molecule has 3 aromatic rings. The Morgan fingerprint density at radius 1 is 0.912 bits per heavy atom. The number of hydrogen-bond acceptors (Lipinski definition) is 3. The topological polar surface area (TPSA) is 69.6 Å². The van der Waals surface area contributed by atoms with Gasteiger partial charge in [0.2, 0.25) is 5.91 Å². The first-order valence-electron chi connectivity index (χ1n) is 10.8. The lowest BCUT2D eigenvalue weighted by Gasteiger charge is -2.31. The van der Waals surface area contributed by atoms with E-state index < -0.39 is 30.3 Å². The summed E-state index contributed by atoms with van der Waals surface area (Å²) in [6, 6.07) is 17.8. The van der Waals surface area contributed by atoms with Crippen molar-refractivity contribution in [1.82, 2.24) is 10.2 Å². The molecule has 5 nitrogen and oxygen atoms in total. The van der Waals surface area contributed by atoms with Gasteiger partial charge >= 0.3 is 6.18 Å². The second-order valence-electron chi connectivity index (χ2n) is 8.14. The Labute approximate surface area is 194 Å². The average Bonchev–Trinajstić information content (AvgIpc) is 2.86. The fourth-order valence-electron chi connectivity index (χ4n) is 4.00. The minimum Gasteiger partial charge on any atom is -0.394 e. The van der Waals surface area contributed by atoms with Gasteiger partial charge in [-0.25, -0.2) is 0 Å². The van der Waals surface area contributed by atoms with Crippen LogP contribution in [0.1, 0.15) is 27.0 Å². The van der Waals surface area contributed by atoms with Crippen molar-refractivity contribution in [1.29, 1.82) is 0 Å². The molecule has 0 radical (unpaired) electrons. The number of carbonyl (C=O) groups is 2. The van der Waals surface area contributed by atoms with Gasteiger partial charge in [-0.05, 0) is 52.9 Å². The zero-order chi connectivity index (χ0) is 24.3. The van der Waals surface area contributed by atoms with E-state index in [1.807, 2.05) is 24.3 Å². The van der Waals surface area contributed by atoms with E-state index in [0.29, 0.717) is 30.6 Å². The number of hydrogen-bond donors (Lipinski definition) is 2. The molecule has 0 aromatic heterocycles. The fraction of sp³-hybridized carbons (Fsp3) is 0.231. The summed E-state index contributed by atoms with van der Waals surface area (Å²) in [5.41, 5.74) is 2.99. The third kappa shape index (κ3) is 5.12. The zero-order valence-corrected chi connectivity index (χ0v) is 18.2. The maximum absolute atomic E-state index is 12.9. The van der Waals surface area contributed by atoms with Crippen LogP contribution in [0.15, 0.2) is 72.8 Å². The van der Waals surface area contributed by atoms with Gasteiger partial charge in [0.1, 0.15) is 6.04 Å². The van der Waals surface area contributed by atoms with Crippen molar-refractivity contribution in [2.75, 3.05) is 13.2 Å². The number of carbonyl (C=O) groups excluding carboxylic acids is 2. The van der Waals surface area contributed by atoms with Crippen LogP contribution in [0, 0.1) is 0 Å². The maximum Gasteiger partial charge on any atom is 0.416 e. The number of aliphatic hydroxyl groups is 1. The van der Waals surface area contributed by atoms with Gasteiger partial charge in [-0.2, -0.15) is 13.2 Å². The lowest BCUT2D eigenvalue weighted by atomic mass is 9.99.